The number of ether oxygens (including phenoxy) is 1. The van der Waals surface area contributed by atoms with E-state index in [4.69, 9.17) is 4.74 Å². The molecule has 0 saturated heterocycles. The molecule has 23 heavy (non-hydrogen) atoms. The Hall–Kier alpha value is -3.16. The number of H-pyrrole nitrogens is 2. The van der Waals surface area contributed by atoms with Crippen LogP contribution in [0.25, 0.3) is 12.2 Å². The molecule has 2 rings (SSSR count). The largest absolute Gasteiger partial charge is 0.494 e. The minimum Gasteiger partial charge on any atom is -0.494 e. The molecule has 120 valence electrons. The maximum Gasteiger partial charge on any atom is 0.357 e. The first kappa shape index (κ1) is 16.2. The zero-order valence-electron chi connectivity index (χ0n) is 12.4. The number of rotatable bonds is 6. The Labute approximate surface area is 130 Å². The molecule has 2 N–H and O–H groups in total. The predicted octanol–water partition coefficient (Wildman–Crippen LogP) is 1.93. The summed E-state index contributed by atoms with van der Waals surface area (Å²) in [5.41, 5.74) is -1.96. The van der Waals surface area contributed by atoms with E-state index in [-0.39, 0.29) is 5.69 Å². The molecule has 1 heterocycles. The van der Waals surface area contributed by atoms with Crippen LogP contribution in [0, 0.1) is 10.1 Å². The zero-order valence-corrected chi connectivity index (χ0v) is 12.4. The zero-order chi connectivity index (χ0) is 16.8. The van der Waals surface area contributed by atoms with Crippen molar-refractivity contribution in [3.8, 4) is 5.75 Å². The van der Waals surface area contributed by atoms with Crippen LogP contribution in [0.5, 0.6) is 5.75 Å². The first-order valence-electron chi connectivity index (χ1n) is 6.93. The Morgan fingerprint density at radius 2 is 1.87 bits per heavy atom. The fourth-order valence-electron chi connectivity index (χ4n) is 1.87. The third kappa shape index (κ3) is 4.16. The Kier molecular flexibility index (Phi) is 5.08. The molecule has 8 heteroatoms. The molecule has 0 atom stereocenters. The third-order valence-electron chi connectivity index (χ3n) is 2.92. The molecule has 0 saturated carbocycles. The van der Waals surface area contributed by atoms with E-state index >= 15 is 0 Å². The van der Waals surface area contributed by atoms with Crippen molar-refractivity contribution < 1.29 is 9.66 Å². The molecule has 0 radical (unpaired) electrons. The minimum atomic E-state index is -1.04. The molecule has 0 fully saturated rings. The molecule has 0 spiro atoms. The van der Waals surface area contributed by atoms with E-state index in [2.05, 4.69) is 4.98 Å². The smallest absolute Gasteiger partial charge is 0.357 e. The average Bonchev–Trinajstić information content (AvgIpc) is 2.50. The lowest BCUT2D eigenvalue weighted by atomic mass is 10.2. The summed E-state index contributed by atoms with van der Waals surface area (Å²) in [7, 11) is 0. The number of nitrogens with zero attached hydrogens (tertiary/aromatic N) is 1. The van der Waals surface area contributed by atoms with Gasteiger partial charge in [-0.25, -0.2) is 4.79 Å². The highest BCUT2D eigenvalue weighted by molar-refractivity contribution is 5.71. The van der Waals surface area contributed by atoms with E-state index < -0.39 is 21.9 Å². The molecule has 1 aromatic heterocycles. The van der Waals surface area contributed by atoms with Crippen LogP contribution >= 0.6 is 0 Å². The van der Waals surface area contributed by atoms with Gasteiger partial charge in [0.1, 0.15) is 11.4 Å². The van der Waals surface area contributed by atoms with Crippen LogP contribution in [0.4, 0.5) is 5.69 Å². The highest BCUT2D eigenvalue weighted by atomic mass is 16.6. The summed E-state index contributed by atoms with van der Waals surface area (Å²) in [6, 6.07) is 7.06. The van der Waals surface area contributed by atoms with Crippen molar-refractivity contribution in [2.45, 2.75) is 13.3 Å². The maximum absolute atomic E-state index is 11.5. The van der Waals surface area contributed by atoms with Gasteiger partial charge in [-0.1, -0.05) is 25.1 Å². The Balaban J connectivity index is 2.28. The lowest BCUT2D eigenvalue weighted by Crippen LogP contribution is -2.25. The number of aromatic nitrogens is 2. The second-order valence-corrected chi connectivity index (χ2v) is 4.68. The summed E-state index contributed by atoms with van der Waals surface area (Å²) in [5.74, 6) is 0.722. The maximum atomic E-state index is 11.5. The van der Waals surface area contributed by atoms with E-state index in [1.54, 1.807) is 30.3 Å². The summed E-state index contributed by atoms with van der Waals surface area (Å²) in [4.78, 5) is 36.9. The SMILES string of the molecule is CCCOc1ccc(/C=C/c2[nH]c(=O)[nH]c(=O)c2[N+](=O)[O-])cc1. The van der Waals surface area contributed by atoms with E-state index in [1.807, 2.05) is 11.9 Å². The van der Waals surface area contributed by atoms with Crippen LogP contribution in [0.2, 0.25) is 0 Å². The van der Waals surface area contributed by atoms with E-state index in [0.717, 1.165) is 17.7 Å². The van der Waals surface area contributed by atoms with Crippen LogP contribution in [0.1, 0.15) is 24.6 Å². The highest BCUT2D eigenvalue weighted by Gasteiger charge is 2.18. The minimum absolute atomic E-state index is 0.157. The van der Waals surface area contributed by atoms with Crippen LogP contribution in [0.15, 0.2) is 33.9 Å². The van der Waals surface area contributed by atoms with Gasteiger partial charge in [-0.05, 0) is 30.2 Å². The van der Waals surface area contributed by atoms with Crippen LogP contribution in [-0.4, -0.2) is 21.5 Å². The van der Waals surface area contributed by atoms with E-state index in [0.29, 0.717) is 6.61 Å². The summed E-state index contributed by atoms with van der Waals surface area (Å²) in [6.45, 7) is 2.63. The van der Waals surface area contributed by atoms with Gasteiger partial charge in [0, 0.05) is 0 Å². The summed E-state index contributed by atoms with van der Waals surface area (Å²) >= 11 is 0. The molecule has 0 unspecified atom stereocenters. The molecule has 0 aliphatic rings. The number of hydrogen-bond acceptors (Lipinski definition) is 5. The molecule has 0 bridgehead atoms. The molecule has 8 nitrogen and oxygen atoms in total. The Morgan fingerprint density at radius 3 is 2.48 bits per heavy atom. The van der Waals surface area contributed by atoms with Crippen molar-refractivity contribution in [1.82, 2.24) is 9.97 Å². The highest BCUT2D eigenvalue weighted by Crippen LogP contribution is 2.16. The monoisotopic (exact) mass is 317 g/mol. The van der Waals surface area contributed by atoms with Crippen LogP contribution in [-0.2, 0) is 0 Å². The van der Waals surface area contributed by atoms with Gasteiger partial charge in [0.15, 0.2) is 0 Å². The fraction of sp³-hybridized carbons (Fsp3) is 0.200. The van der Waals surface area contributed by atoms with Gasteiger partial charge in [0.25, 0.3) is 0 Å². The van der Waals surface area contributed by atoms with Crippen molar-refractivity contribution in [2.24, 2.45) is 0 Å². The second-order valence-electron chi connectivity index (χ2n) is 4.68. The number of hydrogen-bond donors (Lipinski definition) is 2. The standard InChI is InChI=1S/C15H15N3O5/c1-2-9-23-11-6-3-10(4-7-11)5-8-12-13(18(21)22)14(19)17-15(20)16-12/h3-8H,2,9H2,1H3,(H2,16,17,19,20)/b8-5+. The summed E-state index contributed by atoms with van der Waals surface area (Å²) in [6.07, 6.45) is 3.78. The second kappa shape index (κ2) is 7.21. The van der Waals surface area contributed by atoms with Crippen LogP contribution in [0.3, 0.4) is 0 Å². The normalized spacial score (nSPS) is 10.8. The molecule has 0 amide bonds. The van der Waals surface area contributed by atoms with Gasteiger partial charge < -0.3 is 9.72 Å². The van der Waals surface area contributed by atoms with E-state index in [1.165, 1.54) is 6.08 Å². The van der Waals surface area contributed by atoms with E-state index in [9.17, 15) is 19.7 Å². The number of aromatic amines is 2. The molecule has 1 aromatic carbocycles. The predicted molar refractivity (Wildman–Crippen MR) is 85.5 cm³/mol. The number of benzene rings is 1. The topological polar surface area (TPSA) is 118 Å². The molecule has 0 aliphatic heterocycles. The lowest BCUT2D eigenvalue weighted by molar-refractivity contribution is -0.386. The van der Waals surface area contributed by atoms with Gasteiger partial charge in [-0.3, -0.25) is 19.9 Å². The average molecular weight is 317 g/mol. The van der Waals surface area contributed by atoms with Crippen molar-refractivity contribution in [2.75, 3.05) is 6.61 Å². The molecular weight excluding hydrogens is 302 g/mol. The van der Waals surface area contributed by atoms with Crippen molar-refractivity contribution in [3.63, 3.8) is 0 Å². The van der Waals surface area contributed by atoms with Gasteiger partial charge in [-0.15, -0.1) is 0 Å². The summed E-state index contributed by atoms with van der Waals surface area (Å²) in [5, 5.41) is 10.9. The van der Waals surface area contributed by atoms with Gasteiger partial charge in [0.05, 0.1) is 11.5 Å². The van der Waals surface area contributed by atoms with Gasteiger partial charge in [-0.2, -0.15) is 0 Å². The Morgan fingerprint density at radius 1 is 1.17 bits per heavy atom. The van der Waals surface area contributed by atoms with Gasteiger partial charge in [0.2, 0.25) is 0 Å². The molecule has 0 aliphatic carbocycles. The van der Waals surface area contributed by atoms with Crippen molar-refractivity contribution in [1.29, 1.82) is 0 Å². The lowest BCUT2D eigenvalue weighted by Gasteiger charge is -2.04. The first-order valence-corrected chi connectivity index (χ1v) is 6.93. The molecular formula is C15H15N3O5. The molecule has 2 aromatic rings. The summed E-state index contributed by atoms with van der Waals surface area (Å²) < 4.78 is 5.45. The Bertz CT molecular complexity index is 833. The first-order chi connectivity index (χ1) is 11.0. The van der Waals surface area contributed by atoms with Crippen molar-refractivity contribution in [3.05, 3.63) is 66.5 Å². The fourth-order valence-corrected chi connectivity index (χ4v) is 1.87. The van der Waals surface area contributed by atoms with Gasteiger partial charge >= 0.3 is 16.9 Å². The number of nitrogens with one attached hydrogen (secondary N) is 2. The quantitative estimate of drug-likeness (QED) is 0.623. The third-order valence-corrected chi connectivity index (χ3v) is 2.92. The number of nitro groups is 1. The van der Waals surface area contributed by atoms with Crippen LogP contribution < -0.4 is 16.0 Å². The van der Waals surface area contributed by atoms with Crippen molar-refractivity contribution >= 4 is 17.8 Å².